The van der Waals surface area contributed by atoms with E-state index in [-0.39, 0.29) is 25.6 Å². The Kier molecular flexibility index (Phi) is 7.28. The summed E-state index contributed by atoms with van der Waals surface area (Å²) in [4.78, 5) is 24.3. The highest BCUT2D eigenvalue weighted by Gasteiger charge is 2.13. The number of carbonyl (C=O) groups is 2. The first-order valence-electron chi connectivity index (χ1n) is 9.19. The lowest BCUT2D eigenvalue weighted by molar-refractivity contribution is -0.120. The number of nitrogens with one attached hydrogen (secondary N) is 2. The largest absolute Gasteiger partial charge is 0.490 e. The number of ether oxygens (including phenoxy) is 2. The third-order valence-electron chi connectivity index (χ3n) is 3.93. The predicted molar refractivity (Wildman–Crippen MR) is 107 cm³/mol. The zero-order valence-electron chi connectivity index (χ0n) is 15.8. The van der Waals surface area contributed by atoms with Crippen LogP contribution in [0.3, 0.4) is 0 Å². The van der Waals surface area contributed by atoms with Crippen molar-refractivity contribution >= 4 is 11.8 Å². The van der Waals surface area contributed by atoms with Gasteiger partial charge in [-0.25, -0.2) is 0 Å². The molecule has 29 heavy (non-hydrogen) atoms. The van der Waals surface area contributed by atoms with E-state index in [9.17, 15) is 9.59 Å². The lowest BCUT2D eigenvalue weighted by Crippen LogP contribution is -2.36. The molecule has 0 aliphatic rings. The van der Waals surface area contributed by atoms with Crippen LogP contribution in [-0.4, -0.2) is 31.6 Å². The van der Waals surface area contributed by atoms with Crippen LogP contribution in [0.15, 0.2) is 77.4 Å². The molecule has 2 N–H and O–H groups in total. The highest BCUT2D eigenvalue weighted by molar-refractivity contribution is 5.98. The summed E-state index contributed by atoms with van der Waals surface area (Å²) in [6, 6.07) is 19.8. The van der Waals surface area contributed by atoms with E-state index in [1.807, 2.05) is 30.3 Å². The maximum absolute atomic E-state index is 12.4. The van der Waals surface area contributed by atoms with Crippen LogP contribution >= 0.6 is 0 Å². The van der Waals surface area contributed by atoms with E-state index in [1.165, 1.54) is 6.26 Å². The van der Waals surface area contributed by atoms with E-state index in [1.54, 1.807) is 36.4 Å². The first-order valence-corrected chi connectivity index (χ1v) is 9.19. The molecule has 0 bridgehead atoms. The lowest BCUT2D eigenvalue weighted by Gasteiger charge is -2.12. The highest BCUT2D eigenvalue weighted by atomic mass is 16.5. The normalized spacial score (nSPS) is 10.2. The zero-order chi connectivity index (χ0) is 20.3. The molecule has 0 atom stereocenters. The first-order chi connectivity index (χ1) is 14.2. The molecule has 0 aliphatic heterocycles. The second kappa shape index (κ2) is 10.6. The minimum Gasteiger partial charge on any atom is -0.490 e. The minimum atomic E-state index is -0.391. The van der Waals surface area contributed by atoms with Gasteiger partial charge in [-0.15, -0.1) is 0 Å². The quantitative estimate of drug-likeness (QED) is 0.516. The maximum atomic E-state index is 12.4. The Morgan fingerprint density at radius 3 is 2.38 bits per heavy atom. The van der Waals surface area contributed by atoms with Crippen molar-refractivity contribution in [2.75, 3.05) is 19.8 Å². The second-order valence-corrected chi connectivity index (χ2v) is 6.04. The van der Waals surface area contributed by atoms with Crippen LogP contribution < -0.4 is 20.1 Å². The van der Waals surface area contributed by atoms with Gasteiger partial charge in [0.2, 0.25) is 5.91 Å². The predicted octanol–water partition coefficient (Wildman–Crippen LogP) is 2.78. The van der Waals surface area contributed by atoms with E-state index in [4.69, 9.17) is 13.9 Å². The van der Waals surface area contributed by atoms with Crippen molar-refractivity contribution in [3.8, 4) is 11.5 Å². The molecular weight excluding hydrogens is 372 g/mol. The van der Waals surface area contributed by atoms with Gasteiger partial charge in [-0.3, -0.25) is 9.59 Å². The van der Waals surface area contributed by atoms with Crippen molar-refractivity contribution < 1.29 is 23.5 Å². The second-order valence-electron chi connectivity index (χ2n) is 6.04. The number of hydrogen-bond donors (Lipinski definition) is 2. The molecular formula is C22H22N2O5. The highest BCUT2D eigenvalue weighted by Crippen LogP contribution is 2.18. The van der Waals surface area contributed by atoms with Gasteiger partial charge in [0.05, 0.1) is 24.9 Å². The molecule has 2 amide bonds. The molecule has 0 saturated heterocycles. The Bertz CT molecular complexity index is 910. The van der Waals surface area contributed by atoms with Gasteiger partial charge in [-0.1, -0.05) is 30.3 Å². The molecule has 0 aliphatic carbocycles. The van der Waals surface area contributed by atoms with E-state index in [2.05, 4.69) is 10.6 Å². The average Bonchev–Trinajstić information content (AvgIpc) is 3.28. The molecule has 0 unspecified atom stereocenters. The van der Waals surface area contributed by atoms with Gasteiger partial charge < -0.3 is 24.5 Å². The summed E-state index contributed by atoms with van der Waals surface area (Å²) >= 11 is 0. The van der Waals surface area contributed by atoms with Gasteiger partial charge >= 0.3 is 0 Å². The van der Waals surface area contributed by atoms with E-state index in [0.29, 0.717) is 23.7 Å². The molecule has 3 aromatic rings. The SMILES string of the molecule is O=C(CNC(=O)c1ccccc1OCCOc1ccccc1)NCc1ccco1. The summed E-state index contributed by atoms with van der Waals surface area (Å²) < 4.78 is 16.4. The Morgan fingerprint density at radius 2 is 1.59 bits per heavy atom. The summed E-state index contributed by atoms with van der Waals surface area (Å²) in [6.45, 7) is 0.742. The molecule has 0 saturated carbocycles. The van der Waals surface area contributed by atoms with Crippen LogP contribution in [0.2, 0.25) is 0 Å². The molecule has 0 radical (unpaired) electrons. The summed E-state index contributed by atoms with van der Waals surface area (Å²) in [5.41, 5.74) is 0.353. The fourth-order valence-corrected chi connectivity index (χ4v) is 2.53. The van der Waals surface area contributed by atoms with Crippen molar-refractivity contribution in [3.63, 3.8) is 0 Å². The average molecular weight is 394 g/mol. The molecule has 0 spiro atoms. The van der Waals surface area contributed by atoms with Crippen molar-refractivity contribution in [1.29, 1.82) is 0 Å². The fourth-order valence-electron chi connectivity index (χ4n) is 2.53. The number of rotatable bonds is 10. The standard InChI is InChI=1S/C22H22N2O5/c25-21(23-15-18-9-6-12-27-18)16-24-22(26)19-10-4-5-11-20(19)29-14-13-28-17-7-2-1-3-8-17/h1-12H,13-16H2,(H,23,25)(H,24,26). The Labute approximate surface area is 168 Å². The smallest absolute Gasteiger partial charge is 0.255 e. The molecule has 150 valence electrons. The van der Waals surface area contributed by atoms with Gasteiger partial charge in [0.15, 0.2) is 0 Å². The number of furan rings is 1. The van der Waals surface area contributed by atoms with Crippen molar-refractivity contribution in [2.24, 2.45) is 0 Å². The van der Waals surface area contributed by atoms with Crippen molar-refractivity contribution in [1.82, 2.24) is 10.6 Å². The van der Waals surface area contributed by atoms with E-state index in [0.717, 1.165) is 5.75 Å². The summed E-state index contributed by atoms with van der Waals surface area (Å²) in [5, 5.41) is 5.26. The third-order valence-corrected chi connectivity index (χ3v) is 3.93. The Hall–Kier alpha value is -3.74. The van der Waals surface area contributed by atoms with Gasteiger partial charge in [0.25, 0.3) is 5.91 Å². The third kappa shape index (κ3) is 6.42. The molecule has 7 nitrogen and oxygen atoms in total. The van der Waals surface area contributed by atoms with Crippen molar-refractivity contribution in [3.05, 3.63) is 84.3 Å². The molecule has 0 fully saturated rings. The molecule has 3 rings (SSSR count). The summed E-state index contributed by atoms with van der Waals surface area (Å²) in [6.07, 6.45) is 1.53. The van der Waals surface area contributed by atoms with E-state index < -0.39 is 5.91 Å². The molecule has 1 aromatic heterocycles. The monoisotopic (exact) mass is 394 g/mol. The Balaban J connectivity index is 1.44. The zero-order valence-corrected chi connectivity index (χ0v) is 15.8. The molecule has 1 heterocycles. The van der Waals surface area contributed by atoms with Crippen LogP contribution in [0.1, 0.15) is 16.1 Å². The maximum Gasteiger partial charge on any atom is 0.255 e. The van der Waals surface area contributed by atoms with Crippen LogP contribution in [0.5, 0.6) is 11.5 Å². The summed E-state index contributed by atoms with van der Waals surface area (Å²) in [7, 11) is 0. The Morgan fingerprint density at radius 1 is 0.828 bits per heavy atom. The van der Waals surface area contributed by atoms with Crippen LogP contribution in [0.25, 0.3) is 0 Å². The van der Waals surface area contributed by atoms with Crippen LogP contribution in [-0.2, 0) is 11.3 Å². The summed E-state index contributed by atoms with van der Waals surface area (Å²) in [5.74, 6) is 1.11. The van der Waals surface area contributed by atoms with Gasteiger partial charge in [-0.2, -0.15) is 0 Å². The van der Waals surface area contributed by atoms with Crippen molar-refractivity contribution in [2.45, 2.75) is 6.54 Å². The van der Waals surface area contributed by atoms with Crippen LogP contribution in [0.4, 0.5) is 0 Å². The number of amides is 2. The number of hydrogen-bond acceptors (Lipinski definition) is 5. The lowest BCUT2D eigenvalue weighted by atomic mass is 10.2. The van der Waals surface area contributed by atoms with Gasteiger partial charge in [-0.05, 0) is 36.4 Å². The molecule has 7 heteroatoms. The fraction of sp³-hybridized carbons (Fsp3) is 0.182. The molecule has 2 aromatic carbocycles. The topological polar surface area (TPSA) is 89.8 Å². The van der Waals surface area contributed by atoms with Crippen LogP contribution in [0, 0.1) is 0 Å². The van der Waals surface area contributed by atoms with Gasteiger partial charge in [0, 0.05) is 0 Å². The number of para-hydroxylation sites is 2. The van der Waals surface area contributed by atoms with E-state index >= 15 is 0 Å². The number of carbonyl (C=O) groups excluding carboxylic acids is 2. The minimum absolute atomic E-state index is 0.148. The van der Waals surface area contributed by atoms with Gasteiger partial charge in [0.1, 0.15) is 30.5 Å². The number of benzene rings is 2. The first kappa shape index (κ1) is 20.0.